The van der Waals surface area contributed by atoms with Crippen molar-refractivity contribution in [2.45, 2.75) is 42.1 Å². The van der Waals surface area contributed by atoms with Crippen LogP contribution in [0, 0.1) is 0 Å². The van der Waals surface area contributed by atoms with E-state index in [0.29, 0.717) is 62.4 Å². The first-order valence-electron chi connectivity index (χ1n) is 16.4. The molecule has 0 saturated heterocycles. The van der Waals surface area contributed by atoms with Crippen molar-refractivity contribution in [3.8, 4) is 11.5 Å². The van der Waals surface area contributed by atoms with Crippen molar-refractivity contribution in [3.63, 3.8) is 0 Å². The molecule has 2 aliphatic heterocycles. The van der Waals surface area contributed by atoms with E-state index in [2.05, 4.69) is 71.9 Å². The molecule has 3 aromatic carbocycles. The lowest BCUT2D eigenvalue weighted by atomic mass is 10.1. The number of methoxy groups -OCH3 is 2. The Bertz CT molecular complexity index is 1610. The van der Waals surface area contributed by atoms with Crippen LogP contribution in [0.15, 0.2) is 59.6 Å². The first-order valence-corrected chi connectivity index (χ1v) is 20.5. The molecule has 0 unspecified atom stereocenters. The van der Waals surface area contributed by atoms with Gasteiger partial charge in [-0.1, -0.05) is 68.4 Å². The number of carbonyl (C=O) groups is 1. The Kier molecular flexibility index (Phi) is 14.0. The summed E-state index contributed by atoms with van der Waals surface area (Å²) in [5, 5.41) is 0. The molecule has 0 spiro atoms. The first kappa shape index (κ1) is 37.8. The third-order valence-electron chi connectivity index (χ3n) is 8.27. The lowest BCUT2D eigenvalue weighted by Gasteiger charge is -2.34. The summed E-state index contributed by atoms with van der Waals surface area (Å²) in [5.74, 6) is 0.960. The maximum Gasteiger partial charge on any atom is 0.261 e. The number of fused-ring (bicyclic) bond motifs is 4. The lowest BCUT2D eigenvalue weighted by molar-refractivity contribution is 0.0264. The molecule has 0 radical (unpaired) electrons. The van der Waals surface area contributed by atoms with E-state index in [4.69, 9.17) is 28.7 Å². The summed E-state index contributed by atoms with van der Waals surface area (Å²) in [6.45, 7) is 9.30. The van der Waals surface area contributed by atoms with Crippen LogP contribution in [-0.4, -0.2) is 89.5 Å². The standard InChI is InChI=1S/C37H46IN3O6S2/c1-37(2,49-48-5)25-40(10-11-45-14-15-46-13-12-43-3)29-17-26(22-38)16-27(18-29)24-47-35-21-32-31(20-34(35)44-4)36(42)41-30(23-39-32)19-28-8-6-7-9-33(28)41/h6-9,16-18,20-21,23,30H,10-15,19,22,24-25H2,1-5H3/t30-/m0/s1. The second-order valence-corrected chi connectivity index (χ2v) is 16.3. The number of amides is 1. The van der Waals surface area contributed by atoms with Crippen LogP contribution < -0.4 is 19.3 Å². The van der Waals surface area contributed by atoms with Crippen molar-refractivity contribution in [2.75, 3.05) is 76.4 Å². The third-order valence-corrected chi connectivity index (χ3v) is 11.8. The average Bonchev–Trinajstić information content (AvgIpc) is 3.42. The number of hydrogen-bond acceptors (Lipinski definition) is 10. The number of rotatable bonds is 19. The Labute approximate surface area is 312 Å². The normalized spacial score (nSPS) is 15.1. The summed E-state index contributed by atoms with van der Waals surface area (Å²) in [6, 6.07) is 18.2. The number of nitrogens with zero attached hydrogens (tertiary/aromatic N) is 3. The molecule has 0 fully saturated rings. The molecule has 1 amide bonds. The number of para-hydroxylation sites is 1. The fourth-order valence-corrected chi connectivity index (χ4v) is 8.70. The number of anilines is 2. The first-order chi connectivity index (χ1) is 23.8. The maximum atomic E-state index is 13.8. The topological polar surface area (TPSA) is 82.1 Å². The second kappa shape index (κ2) is 18.1. The number of aliphatic imine (C=N–C) groups is 1. The summed E-state index contributed by atoms with van der Waals surface area (Å²) in [4.78, 5) is 22.9. The number of alkyl halides is 1. The van der Waals surface area contributed by atoms with Gasteiger partial charge in [-0.25, -0.2) is 0 Å². The summed E-state index contributed by atoms with van der Waals surface area (Å²) in [5.41, 5.74) is 6.56. The van der Waals surface area contributed by atoms with Crippen molar-refractivity contribution in [2.24, 2.45) is 4.99 Å². The summed E-state index contributed by atoms with van der Waals surface area (Å²) >= 11 is 2.41. The Hall–Kier alpha value is -2.49. The van der Waals surface area contributed by atoms with Crippen LogP contribution >= 0.6 is 44.2 Å². The van der Waals surface area contributed by atoms with E-state index >= 15 is 0 Å². The van der Waals surface area contributed by atoms with Crippen LogP contribution in [-0.2, 0) is 31.7 Å². The molecule has 0 N–H and O–H groups in total. The van der Waals surface area contributed by atoms with Gasteiger partial charge >= 0.3 is 0 Å². The monoisotopic (exact) mass is 819 g/mol. The van der Waals surface area contributed by atoms with E-state index in [-0.39, 0.29) is 16.7 Å². The molecule has 0 saturated carbocycles. The summed E-state index contributed by atoms with van der Waals surface area (Å²) in [7, 11) is 6.93. The third kappa shape index (κ3) is 9.85. The number of benzene rings is 3. The molecule has 0 bridgehead atoms. The molecule has 2 heterocycles. The molecular formula is C37H46IN3O6S2. The van der Waals surface area contributed by atoms with Crippen molar-refractivity contribution in [3.05, 3.63) is 76.9 Å². The smallest absolute Gasteiger partial charge is 0.261 e. The lowest BCUT2D eigenvalue weighted by Crippen LogP contribution is -2.38. The molecule has 5 rings (SSSR count). The van der Waals surface area contributed by atoms with Gasteiger partial charge in [0.25, 0.3) is 5.91 Å². The van der Waals surface area contributed by atoms with E-state index in [9.17, 15) is 4.79 Å². The number of halogens is 1. The van der Waals surface area contributed by atoms with Crippen LogP contribution in [0.1, 0.15) is 40.9 Å². The van der Waals surface area contributed by atoms with Gasteiger partial charge in [-0.3, -0.25) is 14.7 Å². The van der Waals surface area contributed by atoms with Crippen LogP contribution in [0.5, 0.6) is 11.5 Å². The average molecular weight is 820 g/mol. The van der Waals surface area contributed by atoms with Crippen molar-refractivity contribution >= 4 is 73.4 Å². The quantitative estimate of drug-likeness (QED) is 0.0522. The zero-order chi connectivity index (χ0) is 34.8. The molecule has 9 nitrogen and oxygen atoms in total. The minimum atomic E-state index is -0.121. The minimum absolute atomic E-state index is 0.0178. The van der Waals surface area contributed by atoms with Gasteiger partial charge in [-0.15, -0.1) is 0 Å². The van der Waals surface area contributed by atoms with E-state index in [0.717, 1.165) is 46.4 Å². The number of hydrogen-bond donors (Lipinski definition) is 0. The second-order valence-electron chi connectivity index (χ2n) is 12.5. The Balaban J connectivity index is 1.33. The fourth-order valence-electron chi connectivity index (χ4n) is 6.09. The van der Waals surface area contributed by atoms with Gasteiger partial charge in [0.2, 0.25) is 0 Å². The molecule has 1 atom stereocenters. The van der Waals surface area contributed by atoms with Crippen LogP contribution in [0.3, 0.4) is 0 Å². The Morgan fingerprint density at radius 3 is 2.49 bits per heavy atom. The predicted octanol–water partition coefficient (Wildman–Crippen LogP) is 7.77. The molecule has 2 aliphatic rings. The Morgan fingerprint density at radius 2 is 1.73 bits per heavy atom. The molecule has 0 aromatic heterocycles. The SMILES string of the molecule is COCCOCCOCCN(CC(C)(C)SSC)c1cc(CI)cc(COc2cc3c(cc2OC)C(=O)N2c4ccccc4C[C@H]2C=N3)c1. The zero-order valence-corrected chi connectivity index (χ0v) is 32.7. The largest absolute Gasteiger partial charge is 0.493 e. The molecule has 0 aliphatic carbocycles. The molecule has 264 valence electrons. The van der Waals surface area contributed by atoms with Crippen molar-refractivity contribution in [1.29, 1.82) is 0 Å². The minimum Gasteiger partial charge on any atom is -0.493 e. The van der Waals surface area contributed by atoms with Gasteiger partial charge in [0.15, 0.2) is 11.5 Å². The highest BCUT2D eigenvalue weighted by Crippen LogP contribution is 2.41. The number of carbonyl (C=O) groups excluding carboxylic acids is 1. The van der Waals surface area contributed by atoms with E-state index in [1.165, 1.54) is 5.56 Å². The van der Waals surface area contributed by atoms with Gasteiger partial charge in [-0.05, 0) is 61.1 Å². The zero-order valence-electron chi connectivity index (χ0n) is 28.9. The molecule has 3 aromatic rings. The Morgan fingerprint density at radius 1 is 0.980 bits per heavy atom. The highest BCUT2D eigenvalue weighted by Gasteiger charge is 2.36. The van der Waals surface area contributed by atoms with Gasteiger partial charge in [0.1, 0.15) is 6.61 Å². The summed E-state index contributed by atoms with van der Waals surface area (Å²) < 4.78 is 29.6. The summed E-state index contributed by atoms with van der Waals surface area (Å²) in [6.07, 6.45) is 4.74. The van der Waals surface area contributed by atoms with Crippen LogP contribution in [0.2, 0.25) is 0 Å². The van der Waals surface area contributed by atoms with Gasteiger partial charge in [0, 0.05) is 59.5 Å². The van der Waals surface area contributed by atoms with Crippen molar-refractivity contribution in [1.82, 2.24) is 0 Å². The van der Waals surface area contributed by atoms with Crippen LogP contribution in [0.4, 0.5) is 17.1 Å². The highest BCUT2D eigenvalue weighted by atomic mass is 127. The van der Waals surface area contributed by atoms with Crippen molar-refractivity contribution < 1.29 is 28.5 Å². The molecule has 49 heavy (non-hydrogen) atoms. The van der Waals surface area contributed by atoms with E-state index in [1.807, 2.05) is 46.2 Å². The maximum absolute atomic E-state index is 13.8. The van der Waals surface area contributed by atoms with Gasteiger partial charge < -0.3 is 28.6 Å². The predicted molar refractivity (Wildman–Crippen MR) is 211 cm³/mol. The van der Waals surface area contributed by atoms with Gasteiger partial charge in [-0.2, -0.15) is 0 Å². The number of ether oxygens (including phenoxy) is 5. The molecular weight excluding hydrogens is 773 g/mol. The van der Waals surface area contributed by atoms with Gasteiger partial charge in [0.05, 0.1) is 57.4 Å². The fraction of sp³-hybridized carbons (Fsp3) is 0.459. The van der Waals surface area contributed by atoms with E-state index in [1.54, 1.807) is 31.1 Å². The highest BCUT2D eigenvalue weighted by molar-refractivity contribution is 14.1. The van der Waals surface area contributed by atoms with Crippen LogP contribution in [0.25, 0.3) is 0 Å². The van der Waals surface area contributed by atoms with E-state index < -0.39 is 0 Å². The molecule has 12 heteroatoms.